The summed E-state index contributed by atoms with van der Waals surface area (Å²) < 4.78 is 5.77. The number of aliphatic hydroxyl groups excluding tert-OH is 2. The second kappa shape index (κ2) is 15.8. The first-order chi connectivity index (χ1) is 15.6. The lowest BCUT2D eigenvalue weighted by Gasteiger charge is -2.14. The highest BCUT2D eigenvalue weighted by atomic mass is 16.5. The fourth-order valence-corrected chi connectivity index (χ4v) is 3.74. The normalized spacial score (nSPS) is 12.2. The van der Waals surface area contributed by atoms with E-state index in [1.165, 1.54) is 23.6 Å². The molecule has 0 fully saturated rings. The lowest BCUT2D eigenvalue weighted by atomic mass is 10.0. The van der Waals surface area contributed by atoms with Crippen LogP contribution < -0.4 is 5.32 Å². The summed E-state index contributed by atoms with van der Waals surface area (Å²) in [7, 11) is 0. The van der Waals surface area contributed by atoms with Gasteiger partial charge in [0.1, 0.15) is 5.75 Å². The minimum absolute atomic E-state index is 0.0538. The third kappa shape index (κ3) is 10.1. The molecule has 0 aliphatic rings. The van der Waals surface area contributed by atoms with Crippen molar-refractivity contribution in [1.82, 2.24) is 5.32 Å². The van der Waals surface area contributed by atoms with Gasteiger partial charge in [0.05, 0.1) is 12.7 Å². The molecular formula is C27H41NO4. The molecular weight excluding hydrogens is 402 g/mol. The van der Waals surface area contributed by atoms with Gasteiger partial charge in [-0.3, -0.25) is 0 Å². The molecule has 0 aliphatic carbocycles. The van der Waals surface area contributed by atoms with Gasteiger partial charge < -0.3 is 25.4 Å². The zero-order valence-corrected chi connectivity index (χ0v) is 19.6. The van der Waals surface area contributed by atoms with Crippen molar-refractivity contribution in [2.24, 2.45) is 0 Å². The van der Waals surface area contributed by atoms with Crippen molar-refractivity contribution in [1.29, 1.82) is 0 Å². The number of unbranched alkanes of at least 4 members (excludes halogenated alkanes) is 4. The second-order valence-electron chi connectivity index (χ2n) is 8.42. The predicted octanol–water partition coefficient (Wildman–Crippen LogP) is 4.67. The Morgan fingerprint density at radius 2 is 1.66 bits per heavy atom. The van der Waals surface area contributed by atoms with Crippen molar-refractivity contribution < 1.29 is 20.1 Å². The van der Waals surface area contributed by atoms with E-state index in [2.05, 4.69) is 36.5 Å². The zero-order chi connectivity index (χ0) is 23.0. The molecule has 178 valence electrons. The molecule has 5 nitrogen and oxygen atoms in total. The number of phenols is 1. The van der Waals surface area contributed by atoms with Gasteiger partial charge in [-0.15, -0.1) is 0 Å². The molecule has 0 aromatic heterocycles. The van der Waals surface area contributed by atoms with E-state index in [-0.39, 0.29) is 12.4 Å². The van der Waals surface area contributed by atoms with Crippen LogP contribution in [0.4, 0.5) is 0 Å². The van der Waals surface area contributed by atoms with E-state index < -0.39 is 6.10 Å². The summed E-state index contributed by atoms with van der Waals surface area (Å²) in [5.41, 5.74) is 3.99. The maximum absolute atomic E-state index is 10.2. The van der Waals surface area contributed by atoms with Gasteiger partial charge in [0.15, 0.2) is 0 Å². The Balaban J connectivity index is 1.40. The average molecular weight is 444 g/mol. The minimum Gasteiger partial charge on any atom is -0.508 e. The Morgan fingerprint density at radius 3 is 2.44 bits per heavy atom. The van der Waals surface area contributed by atoms with E-state index in [1.54, 1.807) is 12.1 Å². The molecule has 0 radical (unpaired) electrons. The Kier molecular flexibility index (Phi) is 13.0. The molecule has 2 rings (SSSR count). The molecule has 4 N–H and O–H groups in total. The first-order valence-corrected chi connectivity index (χ1v) is 12.1. The SMILES string of the molecule is CCc1cccc(CCCCOCCCCCCNC[C@H](O)c2ccc(O)c(CO)c2)c1. The topological polar surface area (TPSA) is 82.0 Å². The summed E-state index contributed by atoms with van der Waals surface area (Å²) in [6, 6.07) is 13.7. The Hall–Kier alpha value is -1.92. The van der Waals surface area contributed by atoms with E-state index >= 15 is 0 Å². The van der Waals surface area contributed by atoms with Crippen LogP contribution in [-0.4, -0.2) is 41.6 Å². The molecule has 0 heterocycles. The monoisotopic (exact) mass is 443 g/mol. The van der Waals surface area contributed by atoms with Crippen LogP contribution in [0, 0.1) is 0 Å². The van der Waals surface area contributed by atoms with Gasteiger partial charge in [-0.2, -0.15) is 0 Å². The number of ether oxygens (including phenoxy) is 1. The van der Waals surface area contributed by atoms with Crippen LogP contribution >= 0.6 is 0 Å². The van der Waals surface area contributed by atoms with Crippen LogP contribution in [0.25, 0.3) is 0 Å². The standard InChI is InChI=1S/C27H41NO4/c1-2-22-11-9-12-23(18-22)10-5-8-17-32-16-7-4-3-6-15-28-20-27(31)24-13-14-26(30)25(19-24)21-29/h9,11-14,18-19,27-31H,2-8,10,15-17,20-21H2,1H3/t27-/m0/s1. The van der Waals surface area contributed by atoms with Gasteiger partial charge in [-0.1, -0.05) is 50.1 Å². The lowest BCUT2D eigenvalue weighted by molar-refractivity contribution is 0.126. The number of aromatic hydroxyl groups is 1. The quantitative estimate of drug-likeness (QED) is 0.267. The van der Waals surface area contributed by atoms with Crippen LogP contribution in [0.1, 0.15) is 73.8 Å². The maximum Gasteiger partial charge on any atom is 0.121 e. The van der Waals surface area contributed by atoms with Crippen molar-refractivity contribution in [2.75, 3.05) is 26.3 Å². The van der Waals surface area contributed by atoms with Crippen LogP contribution in [0.3, 0.4) is 0 Å². The highest BCUT2D eigenvalue weighted by molar-refractivity contribution is 5.36. The van der Waals surface area contributed by atoms with Crippen molar-refractivity contribution in [3.05, 3.63) is 64.7 Å². The molecule has 5 heteroatoms. The molecule has 0 aliphatic heterocycles. The zero-order valence-electron chi connectivity index (χ0n) is 19.6. The van der Waals surface area contributed by atoms with E-state index in [4.69, 9.17) is 4.74 Å². The number of aryl methyl sites for hydroxylation is 2. The first kappa shape index (κ1) is 26.3. The molecule has 0 unspecified atom stereocenters. The van der Waals surface area contributed by atoms with E-state index in [9.17, 15) is 15.3 Å². The molecule has 0 spiro atoms. The lowest BCUT2D eigenvalue weighted by Crippen LogP contribution is -2.22. The Labute approximate surface area is 193 Å². The third-order valence-corrected chi connectivity index (χ3v) is 5.79. The largest absolute Gasteiger partial charge is 0.508 e. The average Bonchev–Trinajstić information content (AvgIpc) is 2.82. The predicted molar refractivity (Wildman–Crippen MR) is 130 cm³/mol. The number of rotatable bonds is 17. The molecule has 0 saturated heterocycles. The van der Waals surface area contributed by atoms with E-state index in [1.807, 2.05) is 0 Å². The van der Waals surface area contributed by atoms with Gasteiger partial charge in [0, 0.05) is 25.3 Å². The van der Waals surface area contributed by atoms with Crippen molar-refractivity contribution >= 4 is 0 Å². The highest BCUT2D eigenvalue weighted by Crippen LogP contribution is 2.22. The minimum atomic E-state index is -0.648. The Morgan fingerprint density at radius 1 is 0.906 bits per heavy atom. The summed E-state index contributed by atoms with van der Waals surface area (Å²) in [4.78, 5) is 0. The fourth-order valence-electron chi connectivity index (χ4n) is 3.74. The Bertz CT molecular complexity index is 765. The van der Waals surface area contributed by atoms with Crippen molar-refractivity contribution in [2.45, 2.75) is 71.0 Å². The van der Waals surface area contributed by atoms with Gasteiger partial charge in [0.25, 0.3) is 0 Å². The van der Waals surface area contributed by atoms with Crippen LogP contribution in [-0.2, 0) is 24.2 Å². The van der Waals surface area contributed by atoms with Crippen LogP contribution in [0.2, 0.25) is 0 Å². The molecule has 0 saturated carbocycles. The smallest absolute Gasteiger partial charge is 0.121 e. The van der Waals surface area contributed by atoms with E-state index in [0.29, 0.717) is 17.7 Å². The maximum atomic E-state index is 10.2. The summed E-state index contributed by atoms with van der Waals surface area (Å²) in [5, 5.41) is 32.3. The van der Waals surface area contributed by atoms with E-state index in [0.717, 1.165) is 64.7 Å². The third-order valence-electron chi connectivity index (χ3n) is 5.79. The summed E-state index contributed by atoms with van der Waals surface area (Å²) in [6.07, 6.45) is 8.35. The second-order valence-corrected chi connectivity index (χ2v) is 8.42. The molecule has 0 bridgehead atoms. The van der Waals surface area contributed by atoms with Gasteiger partial charge in [-0.25, -0.2) is 0 Å². The van der Waals surface area contributed by atoms with Crippen LogP contribution in [0.15, 0.2) is 42.5 Å². The molecule has 2 aromatic carbocycles. The van der Waals surface area contributed by atoms with Gasteiger partial charge in [-0.05, 0) is 73.9 Å². The number of benzene rings is 2. The van der Waals surface area contributed by atoms with Crippen LogP contribution in [0.5, 0.6) is 5.75 Å². The van der Waals surface area contributed by atoms with Crippen molar-refractivity contribution in [3.63, 3.8) is 0 Å². The fraction of sp³-hybridized carbons (Fsp3) is 0.556. The molecule has 1 atom stereocenters. The summed E-state index contributed by atoms with van der Waals surface area (Å²) in [6.45, 7) is 4.97. The number of hydrogen-bond acceptors (Lipinski definition) is 5. The molecule has 32 heavy (non-hydrogen) atoms. The summed E-state index contributed by atoms with van der Waals surface area (Å²) >= 11 is 0. The number of nitrogens with one attached hydrogen (secondary N) is 1. The van der Waals surface area contributed by atoms with Gasteiger partial charge >= 0.3 is 0 Å². The number of hydrogen-bond donors (Lipinski definition) is 4. The summed E-state index contributed by atoms with van der Waals surface area (Å²) in [5.74, 6) is 0.0538. The molecule has 2 aromatic rings. The first-order valence-electron chi connectivity index (χ1n) is 12.1. The van der Waals surface area contributed by atoms with Gasteiger partial charge in [0.2, 0.25) is 0 Å². The molecule has 0 amide bonds. The highest BCUT2D eigenvalue weighted by Gasteiger charge is 2.09. The number of aliphatic hydroxyl groups is 2. The van der Waals surface area contributed by atoms with Crippen molar-refractivity contribution in [3.8, 4) is 5.75 Å².